The third-order valence-electron chi connectivity index (χ3n) is 2.70. The molecular weight excluding hydrogens is 194 g/mol. The zero-order chi connectivity index (χ0) is 10.3. The van der Waals surface area contributed by atoms with Gasteiger partial charge < -0.3 is 10.5 Å². The van der Waals surface area contributed by atoms with E-state index in [0.29, 0.717) is 13.2 Å². The van der Waals surface area contributed by atoms with Gasteiger partial charge in [-0.3, -0.25) is 9.38 Å². The van der Waals surface area contributed by atoms with Gasteiger partial charge in [-0.1, -0.05) is 0 Å². The molecule has 2 aromatic rings. The van der Waals surface area contributed by atoms with Crippen molar-refractivity contribution in [3.8, 4) is 0 Å². The smallest absolute Gasteiger partial charge is 0.179 e. The van der Waals surface area contributed by atoms with Crippen LogP contribution in [0.2, 0.25) is 0 Å². The fraction of sp³-hybridized carbons (Fsp3) is 0.444. The Balaban J connectivity index is 2.10. The number of rotatable bonds is 1. The average molecular weight is 205 g/mol. The van der Waals surface area contributed by atoms with E-state index in [1.807, 2.05) is 10.6 Å². The van der Waals surface area contributed by atoms with Crippen LogP contribution < -0.4 is 5.73 Å². The Morgan fingerprint density at radius 3 is 3.13 bits per heavy atom. The molecule has 1 aliphatic rings. The quantitative estimate of drug-likeness (QED) is 0.683. The van der Waals surface area contributed by atoms with Crippen molar-refractivity contribution < 1.29 is 4.74 Å². The van der Waals surface area contributed by atoms with Crippen LogP contribution in [0.3, 0.4) is 0 Å². The predicted octanol–water partition coefficient (Wildman–Crippen LogP) is -0.435. The van der Waals surface area contributed by atoms with Gasteiger partial charge in [-0.2, -0.15) is 0 Å². The van der Waals surface area contributed by atoms with Gasteiger partial charge in [0, 0.05) is 18.4 Å². The molecule has 0 amide bonds. The van der Waals surface area contributed by atoms with E-state index >= 15 is 0 Å². The first-order chi connectivity index (χ1) is 7.36. The lowest BCUT2D eigenvalue weighted by atomic mass is 10.0. The van der Waals surface area contributed by atoms with E-state index in [1.54, 1.807) is 12.4 Å². The summed E-state index contributed by atoms with van der Waals surface area (Å²) in [7, 11) is 0. The van der Waals surface area contributed by atoms with Crippen LogP contribution in [0.5, 0.6) is 0 Å². The summed E-state index contributed by atoms with van der Waals surface area (Å²) in [6.45, 7) is 1.20. The van der Waals surface area contributed by atoms with Crippen LogP contribution in [0.1, 0.15) is 11.7 Å². The fourth-order valence-electron chi connectivity index (χ4n) is 1.86. The van der Waals surface area contributed by atoms with Crippen molar-refractivity contribution >= 4 is 5.65 Å². The SMILES string of the molecule is NC1COCC1c1nnc2cnccn12. The van der Waals surface area contributed by atoms with Gasteiger partial charge in [0.15, 0.2) is 5.65 Å². The molecule has 1 fully saturated rings. The summed E-state index contributed by atoms with van der Waals surface area (Å²) in [6.07, 6.45) is 5.23. The first-order valence-corrected chi connectivity index (χ1v) is 4.84. The Hall–Kier alpha value is -1.53. The minimum atomic E-state index is 0.00515. The second-order valence-electron chi connectivity index (χ2n) is 3.67. The van der Waals surface area contributed by atoms with Crippen LogP contribution in [-0.4, -0.2) is 38.8 Å². The maximum absolute atomic E-state index is 5.94. The first kappa shape index (κ1) is 8.75. The summed E-state index contributed by atoms with van der Waals surface area (Å²) in [6, 6.07) is 0.00515. The molecule has 78 valence electrons. The fourth-order valence-corrected chi connectivity index (χ4v) is 1.86. The molecule has 1 saturated heterocycles. The summed E-state index contributed by atoms with van der Waals surface area (Å²) in [5.74, 6) is 0.986. The third-order valence-corrected chi connectivity index (χ3v) is 2.70. The first-order valence-electron chi connectivity index (χ1n) is 4.84. The zero-order valence-electron chi connectivity index (χ0n) is 8.08. The Morgan fingerprint density at radius 1 is 1.40 bits per heavy atom. The van der Waals surface area contributed by atoms with E-state index in [9.17, 15) is 0 Å². The molecule has 0 aromatic carbocycles. The molecule has 0 radical (unpaired) electrons. The molecule has 1 aliphatic heterocycles. The van der Waals surface area contributed by atoms with Gasteiger partial charge in [-0.05, 0) is 0 Å². The molecule has 2 atom stereocenters. The van der Waals surface area contributed by atoms with Gasteiger partial charge in [0.1, 0.15) is 5.82 Å². The highest BCUT2D eigenvalue weighted by atomic mass is 16.5. The third kappa shape index (κ3) is 1.30. The van der Waals surface area contributed by atoms with Gasteiger partial charge in [-0.25, -0.2) is 0 Å². The van der Waals surface area contributed by atoms with E-state index in [-0.39, 0.29) is 12.0 Å². The zero-order valence-corrected chi connectivity index (χ0v) is 8.08. The molecule has 2 unspecified atom stereocenters. The largest absolute Gasteiger partial charge is 0.379 e. The highest BCUT2D eigenvalue weighted by Gasteiger charge is 2.30. The summed E-state index contributed by atoms with van der Waals surface area (Å²) in [5.41, 5.74) is 6.68. The molecule has 0 aliphatic carbocycles. The lowest BCUT2D eigenvalue weighted by Gasteiger charge is -2.10. The number of ether oxygens (including phenoxy) is 1. The second-order valence-corrected chi connectivity index (χ2v) is 3.67. The van der Waals surface area contributed by atoms with E-state index in [0.717, 1.165) is 11.5 Å². The van der Waals surface area contributed by atoms with Crippen molar-refractivity contribution in [2.45, 2.75) is 12.0 Å². The highest BCUT2D eigenvalue weighted by molar-refractivity contribution is 5.34. The summed E-state index contributed by atoms with van der Waals surface area (Å²) in [5, 5.41) is 8.18. The van der Waals surface area contributed by atoms with Crippen LogP contribution in [0, 0.1) is 0 Å². The van der Waals surface area contributed by atoms with Crippen molar-refractivity contribution in [3.63, 3.8) is 0 Å². The standard InChI is InChI=1S/C9H11N5O/c10-7-5-15-4-6(7)9-13-12-8-3-11-1-2-14(8)9/h1-3,6-7H,4-5,10H2. The van der Waals surface area contributed by atoms with Crippen molar-refractivity contribution in [2.24, 2.45) is 5.73 Å². The van der Waals surface area contributed by atoms with Crippen molar-refractivity contribution in [3.05, 3.63) is 24.4 Å². The molecule has 0 spiro atoms. The van der Waals surface area contributed by atoms with E-state index in [1.165, 1.54) is 0 Å². The van der Waals surface area contributed by atoms with Crippen molar-refractivity contribution in [1.82, 2.24) is 19.6 Å². The molecule has 6 heteroatoms. The summed E-state index contributed by atoms with van der Waals surface area (Å²) < 4.78 is 7.23. The van der Waals surface area contributed by atoms with Gasteiger partial charge >= 0.3 is 0 Å². The number of hydrogen-bond donors (Lipinski definition) is 1. The molecule has 2 aromatic heterocycles. The van der Waals surface area contributed by atoms with Gasteiger partial charge in [0.2, 0.25) is 0 Å². The summed E-state index contributed by atoms with van der Waals surface area (Å²) in [4.78, 5) is 3.99. The van der Waals surface area contributed by atoms with Crippen LogP contribution in [0.25, 0.3) is 5.65 Å². The maximum Gasteiger partial charge on any atom is 0.179 e. The molecule has 2 N–H and O–H groups in total. The Bertz CT molecular complexity index is 482. The van der Waals surface area contributed by atoms with Gasteiger partial charge in [0.25, 0.3) is 0 Å². The van der Waals surface area contributed by atoms with Gasteiger partial charge in [-0.15, -0.1) is 10.2 Å². The molecule has 15 heavy (non-hydrogen) atoms. The molecular formula is C9H11N5O. The van der Waals surface area contributed by atoms with Crippen LogP contribution >= 0.6 is 0 Å². The molecule has 0 saturated carbocycles. The lowest BCUT2D eigenvalue weighted by Crippen LogP contribution is -2.28. The van der Waals surface area contributed by atoms with Gasteiger partial charge in [0.05, 0.1) is 25.3 Å². The van der Waals surface area contributed by atoms with Crippen LogP contribution in [0.4, 0.5) is 0 Å². The number of hydrogen-bond acceptors (Lipinski definition) is 5. The van der Waals surface area contributed by atoms with Crippen molar-refractivity contribution in [1.29, 1.82) is 0 Å². The lowest BCUT2D eigenvalue weighted by molar-refractivity contribution is 0.190. The molecule has 0 bridgehead atoms. The minimum absolute atomic E-state index is 0.00515. The Labute approximate surface area is 86.1 Å². The monoisotopic (exact) mass is 205 g/mol. The van der Waals surface area contributed by atoms with E-state index < -0.39 is 0 Å². The molecule has 6 nitrogen and oxygen atoms in total. The van der Waals surface area contributed by atoms with Crippen LogP contribution in [-0.2, 0) is 4.74 Å². The number of aromatic nitrogens is 4. The number of fused-ring (bicyclic) bond motifs is 1. The molecule has 3 heterocycles. The number of nitrogens with zero attached hydrogens (tertiary/aromatic N) is 4. The highest BCUT2D eigenvalue weighted by Crippen LogP contribution is 2.22. The maximum atomic E-state index is 5.94. The minimum Gasteiger partial charge on any atom is -0.379 e. The normalized spacial score (nSPS) is 26.2. The molecule has 3 rings (SSSR count). The average Bonchev–Trinajstić information content (AvgIpc) is 2.83. The second kappa shape index (κ2) is 3.25. The van der Waals surface area contributed by atoms with E-state index in [4.69, 9.17) is 10.5 Å². The predicted molar refractivity (Wildman–Crippen MR) is 52.3 cm³/mol. The number of nitrogens with two attached hydrogens (primary N) is 1. The summed E-state index contributed by atoms with van der Waals surface area (Å²) >= 11 is 0. The Morgan fingerprint density at radius 2 is 2.33 bits per heavy atom. The van der Waals surface area contributed by atoms with Crippen LogP contribution in [0.15, 0.2) is 18.6 Å². The van der Waals surface area contributed by atoms with E-state index in [2.05, 4.69) is 15.2 Å². The van der Waals surface area contributed by atoms with Crippen molar-refractivity contribution in [2.75, 3.05) is 13.2 Å². The topological polar surface area (TPSA) is 78.3 Å². The Kier molecular flexibility index (Phi) is 1.90.